The van der Waals surface area contributed by atoms with Gasteiger partial charge in [-0.3, -0.25) is 4.31 Å². The van der Waals surface area contributed by atoms with E-state index in [4.69, 9.17) is 23.2 Å². The number of benzene rings is 3. The minimum Gasteiger partial charge on any atom is -0.265 e. The molecule has 1 N–H and O–H groups in total. The van der Waals surface area contributed by atoms with E-state index in [9.17, 15) is 16.8 Å². The van der Waals surface area contributed by atoms with Gasteiger partial charge >= 0.3 is 0 Å². The number of rotatable bonds is 8. The maximum atomic E-state index is 13.2. The van der Waals surface area contributed by atoms with Crippen LogP contribution in [0.1, 0.15) is 0 Å². The molecule has 3 aromatic rings. The molecule has 158 valence electrons. The fraction of sp³-hybridized carbons (Fsp3) is 0.100. The van der Waals surface area contributed by atoms with Crippen LogP contribution < -0.4 is 9.03 Å². The highest BCUT2D eigenvalue weighted by Gasteiger charge is 2.25. The summed E-state index contributed by atoms with van der Waals surface area (Å²) in [4.78, 5) is -0.0663. The molecule has 0 spiro atoms. The highest BCUT2D eigenvalue weighted by molar-refractivity contribution is 7.92. The number of anilines is 1. The molecule has 0 aromatic heterocycles. The molecule has 0 heterocycles. The van der Waals surface area contributed by atoms with Gasteiger partial charge in [0.2, 0.25) is 10.0 Å². The number of halogens is 2. The SMILES string of the molecule is O=S(=O)(NCCN(c1ccccc1)S(=O)(=O)c1ccccc1)c1cc(Cl)ccc1Cl. The van der Waals surface area contributed by atoms with E-state index < -0.39 is 20.0 Å². The Kier molecular flexibility index (Phi) is 7.05. The first-order valence-electron chi connectivity index (χ1n) is 8.79. The quantitative estimate of drug-likeness (QED) is 0.519. The van der Waals surface area contributed by atoms with E-state index in [0.717, 1.165) is 4.31 Å². The highest BCUT2D eigenvalue weighted by Crippen LogP contribution is 2.25. The largest absolute Gasteiger partial charge is 0.265 e. The van der Waals surface area contributed by atoms with Crippen LogP contribution >= 0.6 is 23.2 Å². The van der Waals surface area contributed by atoms with E-state index in [1.165, 1.54) is 30.3 Å². The smallest absolute Gasteiger partial charge is 0.264 e. The van der Waals surface area contributed by atoms with Crippen molar-refractivity contribution in [3.8, 4) is 0 Å². The van der Waals surface area contributed by atoms with Crippen LogP contribution in [-0.4, -0.2) is 29.9 Å². The van der Waals surface area contributed by atoms with Crippen molar-refractivity contribution in [1.82, 2.24) is 4.72 Å². The predicted molar refractivity (Wildman–Crippen MR) is 119 cm³/mol. The number of nitrogens with one attached hydrogen (secondary N) is 1. The molecule has 0 saturated heterocycles. The van der Waals surface area contributed by atoms with Gasteiger partial charge in [0.15, 0.2) is 0 Å². The summed E-state index contributed by atoms with van der Waals surface area (Å²) >= 11 is 11.9. The fourth-order valence-corrected chi connectivity index (χ4v) is 6.01. The average molecular weight is 485 g/mol. The predicted octanol–water partition coefficient (Wildman–Crippen LogP) is 4.17. The summed E-state index contributed by atoms with van der Waals surface area (Å²) in [6, 6.07) is 20.5. The third-order valence-electron chi connectivity index (χ3n) is 4.17. The summed E-state index contributed by atoms with van der Waals surface area (Å²) in [5, 5.41) is 0.237. The Morgan fingerprint density at radius 2 is 1.40 bits per heavy atom. The summed E-state index contributed by atoms with van der Waals surface area (Å²) in [7, 11) is -7.89. The first kappa shape index (κ1) is 22.6. The lowest BCUT2D eigenvalue weighted by atomic mass is 10.3. The Bertz CT molecular complexity index is 1220. The molecular formula is C20H18Cl2N2O4S2. The Labute approximate surface area is 186 Å². The highest BCUT2D eigenvalue weighted by atomic mass is 35.5. The van der Waals surface area contributed by atoms with E-state index in [1.54, 1.807) is 48.5 Å². The Hall–Kier alpha value is -2.10. The third kappa shape index (κ3) is 5.14. The molecule has 0 saturated carbocycles. The average Bonchev–Trinajstić information content (AvgIpc) is 2.74. The molecular weight excluding hydrogens is 467 g/mol. The first-order chi connectivity index (χ1) is 14.2. The molecule has 3 aromatic carbocycles. The van der Waals surface area contributed by atoms with Crippen LogP contribution in [0.4, 0.5) is 5.69 Å². The van der Waals surface area contributed by atoms with Crippen molar-refractivity contribution < 1.29 is 16.8 Å². The van der Waals surface area contributed by atoms with Crippen molar-refractivity contribution in [3.63, 3.8) is 0 Å². The van der Waals surface area contributed by atoms with Crippen LogP contribution in [0.2, 0.25) is 10.0 Å². The van der Waals surface area contributed by atoms with Gasteiger partial charge in [0.25, 0.3) is 10.0 Å². The van der Waals surface area contributed by atoms with Crippen LogP contribution in [0, 0.1) is 0 Å². The number of nitrogens with zero attached hydrogens (tertiary/aromatic N) is 1. The van der Waals surface area contributed by atoms with Gasteiger partial charge in [-0.25, -0.2) is 21.6 Å². The van der Waals surface area contributed by atoms with Gasteiger partial charge in [-0.1, -0.05) is 59.6 Å². The minimum atomic E-state index is -3.99. The maximum Gasteiger partial charge on any atom is 0.264 e. The zero-order valence-corrected chi connectivity index (χ0v) is 18.7. The second kappa shape index (κ2) is 9.36. The summed E-state index contributed by atoms with van der Waals surface area (Å²) in [5.41, 5.74) is 0.418. The standard InChI is InChI=1S/C20H18Cl2N2O4S2/c21-16-11-12-19(22)20(15-16)29(25,26)23-13-14-24(17-7-3-1-4-8-17)30(27,28)18-9-5-2-6-10-18/h1-12,15,23H,13-14H2. The van der Waals surface area contributed by atoms with Crippen molar-refractivity contribution >= 4 is 48.9 Å². The lowest BCUT2D eigenvalue weighted by Gasteiger charge is -2.24. The summed E-state index contributed by atoms with van der Waals surface area (Å²) in [6.45, 7) is -0.301. The van der Waals surface area contributed by atoms with E-state index >= 15 is 0 Å². The molecule has 0 bridgehead atoms. The van der Waals surface area contributed by atoms with Crippen molar-refractivity contribution in [2.75, 3.05) is 17.4 Å². The maximum absolute atomic E-state index is 13.2. The van der Waals surface area contributed by atoms with E-state index in [-0.39, 0.29) is 32.9 Å². The van der Waals surface area contributed by atoms with Gasteiger partial charge in [0.1, 0.15) is 4.90 Å². The second-order valence-electron chi connectivity index (χ2n) is 6.20. The van der Waals surface area contributed by atoms with Crippen molar-refractivity contribution in [1.29, 1.82) is 0 Å². The van der Waals surface area contributed by atoms with Crippen LogP contribution in [0.15, 0.2) is 88.7 Å². The molecule has 10 heteroatoms. The van der Waals surface area contributed by atoms with E-state index in [1.807, 2.05) is 0 Å². The van der Waals surface area contributed by atoms with Gasteiger partial charge in [-0.15, -0.1) is 0 Å². The monoisotopic (exact) mass is 484 g/mol. The molecule has 30 heavy (non-hydrogen) atoms. The summed E-state index contributed by atoms with van der Waals surface area (Å²) in [5.74, 6) is 0. The summed E-state index contributed by atoms with van der Waals surface area (Å²) < 4.78 is 55.1. The number of hydrogen-bond acceptors (Lipinski definition) is 4. The number of sulfonamides is 2. The molecule has 0 aliphatic heterocycles. The zero-order valence-electron chi connectivity index (χ0n) is 15.6. The van der Waals surface area contributed by atoms with Crippen molar-refractivity contribution in [3.05, 3.63) is 88.9 Å². The lowest BCUT2D eigenvalue weighted by molar-refractivity contribution is 0.577. The Morgan fingerprint density at radius 3 is 2.03 bits per heavy atom. The Balaban J connectivity index is 1.86. The van der Waals surface area contributed by atoms with Gasteiger partial charge in [-0.2, -0.15) is 0 Å². The van der Waals surface area contributed by atoms with Crippen molar-refractivity contribution in [2.24, 2.45) is 0 Å². The molecule has 6 nitrogen and oxygen atoms in total. The van der Waals surface area contributed by atoms with Crippen LogP contribution in [0.3, 0.4) is 0 Å². The molecule has 3 rings (SSSR count). The normalized spacial score (nSPS) is 11.9. The lowest BCUT2D eigenvalue weighted by Crippen LogP contribution is -2.38. The zero-order chi connectivity index (χ0) is 21.8. The Morgan fingerprint density at radius 1 is 0.800 bits per heavy atom. The second-order valence-corrected chi connectivity index (χ2v) is 10.6. The topological polar surface area (TPSA) is 83.6 Å². The van der Waals surface area contributed by atoms with E-state index in [0.29, 0.717) is 5.69 Å². The van der Waals surface area contributed by atoms with Crippen LogP contribution in [-0.2, 0) is 20.0 Å². The fourth-order valence-electron chi connectivity index (χ4n) is 2.74. The molecule has 0 aliphatic carbocycles. The van der Waals surface area contributed by atoms with Crippen molar-refractivity contribution in [2.45, 2.75) is 9.79 Å². The van der Waals surface area contributed by atoms with Gasteiger partial charge in [0.05, 0.1) is 15.6 Å². The van der Waals surface area contributed by atoms with Crippen LogP contribution in [0.5, 0.6) is 0 Å². The number of para-hydroxylation sites is 1. The molecule has 0 radical (unpaired) electrons. The van der Waals surface area contributed by atoms with Gasteiger partial charge in [-0.05, 0) is 42.5 Å². The molecule has 0 unspecified atom stereocenters. The molecule has 0 fully saturated rings. The first-order valence-corrected chi connectivity index (χ1v) is 12.5. The summed E-state index contributed by atoms with van der Waals surface area (Å²) in [6.07, 6.45) is 0. The van der Waals surface area contributed by atoms with Crippen LogP contribution in [0.25, 0.3) is 0 Å². The van der Waals surface area contributed by atoms with Gasteiger partial charge in [0, 0.05) is 18.1 Å². The molecule has 0 amide bonds. The van der Waals surface area contributed by atoms with E-state index in [2.05, 4.69) is 4.72 Å². The van der Waals surface area contributed by atoms with Gasteiger partial charge < -0.3 is 0 Å². The molecule has 0 aliphatic rings. The third-order valence-corrected chi connectivity index (χ3v) is 8.18. The minimum absolute atomic E-state index is 0.0173. The number of hydrogen-bond donors (Lipinski definition) is 1. The molecule has 0 atom stereocenters.